The molecule has 0 aliphatic rings. The van der Waals surface area contributed by atoms with Gasteiger partial charge in [0.25, 0.3) is 0 Å². The fourth-order valence-corrected chi connectivity index (χ4v) is 2.94. The molecule has 0 saturated heterocycles. The summed E-state index contributed by atoms with van der Waals surface area (Å²) in [6, 6.07) is 14.1. The summed E-state index contributed by atoms with van der Waals surface area (Å²) < 4.78 is 5.69. The predicted molar refractivity (Wildman–Crippen MR) is 103 cm³/mol. The van der Waals surface area contributed by atoms with E-state index < -0.39 is 0 Å². The van der Waals surface area contributed by atoms with Crippen LogP contribution >= 0.6 is 11.8 Å². The zero-order chi connectivity index (χ0) is 17.5. The van der Waals surface area contributed by atoms with Gasteiger partial charge in [-0.25, -0.2) is 0 Å². The second-order valence-corrected chi connectivity index (χ2v) is 7.43. The van der Waals surface area contributed by atoms with Gasteiger partial charge in [0.15, 0.2) is 0 Å². The first-order chi connectivity index (χ1) is 11.5. The number of ether oxygens (including phenoxy) is 1. The molecular formula is C20H25NO2S. The van der Waals surface area contributed by atoms with Gasteiger partial charge in [-0.05, 0) is 57.0 Å². The molecule has 2 aromatic rings. The number of carbonyl (C=O) groups is 1. The minimum Gasteiger partial charge on any atom is -0.493 e. The van der Waals surface area contributed by atoms with Crippen molar-refractivity contribution in [2.24, 2.45) is 0 Å². The van der Waals surface area contributed by atoms with Gasteiger partial charge in [0.1, 0.15) is 5.75 Å². The largest absolute Gasteiger partial charge is 0.493 e. The van der Waals surface area contributed by atoms with Crippen LogP contribution in [-0.2, 0) is 4.79 Å². The van der Waals surface area contributed by atoms with Crippen molar-refractivity contribution in [2.45, 2.75) is 32.9 Å². The normalized spacial score (nSPS) is 11.8. The molecule has 0 aliphatic heterocycles. The van der Waals surface area contributed by atoms with E-state index in [0.717, 1.165) is 28.3 Å². The predicted octanol–water partition coefficient (Wildman–Crippen LogP) is 4.75. The molecule has 0 spiro atoms. The summed E-state index contributed by atoms with van der Waals surface area (Å²) in [5, 5.41) is 2.90. The van der Waals surface area contributed by atoms with Crippen LogP contribution in [0, 0.1) is 20.8 Å². The number of thioether (sulfide) groups is 1. The van der Waals surface area contributed by atoms with Crippen molar-refractivity contribution in [3.8, 4) is 5.75 Å². The monoisotopic (exact) mass is 343 g/mol. The first-order valence-electron chi connectivity index (χ1n) is 8.15. The lowest BCUT2D eigenvalue weighted by Gasteiger charge is -2.14. The van der Waals surface area contributed by atoms with Crippen molar-refractivity contribution in [1.82, 2.24) is 0 Å². The zero-order valence-electron chi connectivity index (χ0n) is 14.8. The summed E-state index contributed by atoms with van der Waals surface area (Å²) in [6.45, 7) is 8.60. The highest BCUT2D eigenvalue weighted by molar-refractivity contribution is 8.00. The van der Waals surface area contributed by atoms with Crippen LogP contribution < -0.4 is 10.1 Å². The molecule has 0 aromatic heterocycles. The average Bonchev–Trinajstić information content (AvgIpc) is 2.56. The van der Waals surface area contributed by atoms with Crippen molar-refractivity contribution in [3.05, 3.63) is 59.2 Å². The van der Waals surface area contributed by atoms with Crippen molar-refractivity contribution < 1.29 is 9.53 Å². The summed E-state index contributed by atoms with van der Waals surface area (Å²) in [5.74, 6) is 1.67. The minimum atomic E-state index is -0.119. The molecular weight excluding hydrogens is 318 g/mol. The van der Waals surface area contributed by atoms with Gasteiger partial charge < -0.3 is 10.1 Å². The molecule has 1 amide bonds. The second-order valence-electron chi connectivity index (χ2n) is 5.98. The number of nitrogens with one attached hydrogen (secondary N) is 1. The van der Waals surface area contributed by atoms with E-state index in [9.17, 15) is 4.79 Å². The van der Waals surface area contributed by atoms with Crippen LogP contribution in [0.4, 0.5) is 5.69 Å². The maximum Gasteiger partial charge on any atom is 0.237 e. The summed E-state index contributed by atoms with van der Waals surface area (Å²) in [7, 11) is 0. The maximum absolute atomic E-state index is 12.3. The van der Waals surface area contributed by atoms with E-state index in [1.807, 2.05) is 63.2 Å². The van der Waals surface area contributed by atoms with Gasteiger partial charge in [0.05, 0.1) is 11.9 Å². The van der Waals surface area contributed by atoms with Gasteiger partial charge in [-0.3, -0.25) is 4.79 Å². The SMILES string of the molecule is Cc1ccc(OCCSC(C)C(=O)Nc2cc(C)ccc2C)cc1. The molecule has 0 heterocycles. The highest BCUT2D eigenvalue weighted by Gasteiger charge is 2.14. The molecule has 0 radical (unpaired) electrons. The second kappa shape index (κ2) is 8.78. The molecule has 0 fully saturated rings. The van der Waals surface area contributed by atoms with Crippen LogP contribution in [-0.4, -0.2) is 23.5 Å². The van der Waals surface area contributed by atoms with Crippen LogP contribution in [0.15, 0.2) is 42.5 Å². The van der Waals surface area contributed by atoms with Gasteiger partial charge in [-0.1, -0.05) is 29.8 Å². The van der Waals surface area contributed by atoms with Crippen molar-refractivity contribution in [1.29, 1.82) is 0 Å². The molecule has 1 atom stereocenters. The van der Waals surface area contributed by atoms with Crippen molar-refractivity contribution >= 4 is 23.4 Å². The van der Waals surface area contributed by atoms with Crippen LogP contribution in [0.25, 0.3) is 0 Å². The van der Waals surface area contributed by atoms with Gasteiger partial charge in [-0.15, -0.1) is 11.8 Å². The third-order valence-electron chi connectivity index (χ3n) is 3.76. The Hall–Kier alpha value is -1.94. The number of aryl methyl sites for hydroxylation is 3. The highest BCUT2D eigenvalue weighted by atomic mass is 32.2. The maximum atomic E-state index is 12.3. The van der Waals surface area contributed by atoms with Crippen LogP contribution in [0.2, 0.25) is 0 Å². The first kappa shape index (κ1) is 18.4. The first-order valence-corrected chi connectivity index (χ1v) is 9.20. The van der Waals surface area contributed by atoms with Crippen molar-refractivity contribution in [3.63, 3.8) is 0 Å². The Morgan fingerprint density at radius 2 is 1.75 bits per heavy atom. The lowest BCUT2D eigenvalue weighted by Crippen LogP contribution is -2.23. The van der Waals surface area contributed by atoms with Gasteiger partial charge >= 0.3 is 0 Å². The summed E-state index contributed by atoms with van der Waals surface area (Å²) in [4.78, 5) is 12.3. The van der Waals surface area contributed by atoms with Crippen LogP contribution in [0.3, 0.4) is 0 Å². The smallest absolute Gasteiger partial charge is 0.237 e. The topological polar surface area (TPSA) is 38.3 Å². The number of hydrogen-bond acceptors (Lipinski definition) is 3. The molecule has 2 aromatic carbocycles. The van der Waals surface area contributed by atoms with Gasteiger partial charge in [-0.2, -0.15) is 0 Å². The number of anilines is 1. The molecule has 4 heteroatoms. The average molecular weight is 343 g/mol. The number of rotatable bonds is 7. The summed E-state index contributed by atoms with van der Waals surface area (Å²) in [6.07, 6.45) is 0. The molecule has 0 aliphatic carbocycles. The van der Waals surface area contributed by atoms with E-state index >= 15 is 0 Å². The fraction of sp³-hybridized carbons (Fsp3) is 0.350. The Kier molecular flexibility index (Phi) is 6.73. The van der Waals surface area contributed by atoms with Gasteiger partial charge in [0.2, 0.25) is 5.91 Å². The Morgan fingerprint density at radius 1 is 1.08 bits per heavy atom. The van der Waals surface area contributed by atoms with E-state index in [0.29, 0.717) is 6.61 Å². The van der Waals surface area contributed by atoms with E-state index in [-0.39, 0.29) is 11.2 Å². The fourth-order valence-electron chi connectivity index (χ4n) is 2.20. The molecule has 1 unspecified atom stereocenters. The Labute approximate surface area is 148 Å². The quantitative estimate of drug-likeness (QED) is 0.737. The van der Waals surface area contributed by atoms with E-state index in [4.69, 9.17) is 4.74 Å². The third-order valence-corrected chi connectivity index (χ3v) is 4.88. The third kappa shape index (κ3) is 5.60. The Balaban J connectivity index is 1.75. The van der Waals surface area contributed by atoms with Crippen LogP contribution in [0.5, 0.6) is 5.75 Å². The molecule has 128 valence electrons. The molecule has 2 rings (SSSR count). The van der Waals surface area contributed by atoms with Gasteiger partial charge in [0, 0.05) is 11.4 Å². The lowest BCUT2D eigenvalue weighted by atomic mass is 10.1. The molecule has 0 saturated carbocycles. The van der Waals surface area contributed by atoms with E-state index in [2.05, 4.69) is 12.2 Å². The lowest BCUT2D eigenvalue weighted by molar-refractivity contribution is -0.115. The standard InChI is InChI=1S/C20H25NO2S/c1-14-6-9-18(10-7-14)23-11-12-24-17(4)20(22)21-19-13-15(2)5-8-16(19)3/h5-10,13,17H,11-12H2,1-4H3,(H,21,22). The molecule has 0 bridgehead atoms. The van der Waals surface area contributed by atoms with Crippen LogP contribution in [0.1, 0.15) is 23.6 Å². The Morgan fingerprint density at radius 3 is 2.46 bits per heavy atom. The zero-order valence-corrected chi connectivity index (χ0v) is 15.6. The number of carbonyl (C=O) groups excluding carboxylic acids is 1. The molecule has 1 N–H and O–H groups in total. The number of hydrogen-bond donors (Lipinski definition) is 1. The number of benzene rings is 2. The molecule has 24 heavy (non-hydrogen) atoms. The van der Waals surface area contributed by atoms with Crippen molar-refractivity contribution in [2.75, 3.05) is 17.7 Å². The summed E-state index contributed by atoms with van der Waals surface area (Å²) >= 11 is 1.60. The summed E-state index contributed by atoms with van der Waals surface area (Å²) in [5.41, 5.74) is 4.33. The highest BCUT2D eigenvalue weighted by Crippen LogP contribution is 2.19. The van der Waals surface area contributed by atoms with E-state index in [1.165, 1.54) is 5.56 Å². The number of amides is 1. The Bertz CT molecular complexity index is 683. The van der Waals surface area contributed by atoms with E-state index in [1.54, 1.807) is 11.8 Å². The molecule has 3 nitrogen and oxygen atoms in total. The minimum absolute atomic E-state index is 0.0315.